The van der Waals surface area contributed by atoms with Crippen molar-refractivity contribution in [1.29, 1.82) is 0 Å². The summed E-state index contributed by atoms with van der Waals surface area (Å²) < 4.78 is 12.0. The summed E-state index contributed by atoms with van der Waals surface area (Å²) in [5.74, 6) is -2.59. The SMILES string of the molecule is O=C(O)CCC(=O)Nc1c(O)ccc2c1Oc1cc(O)ccc1C21OC(=O)c2ccccc21. The minimum Gasteiger partial charge on any atom is -0.508 e. The van der Waals surface area contributed by atoms with Crippen LogP contribution >= 0.6 is 0 Å². The van der Waals surface area contributed by atoms with Gasteiger partial charge in [-0.25, -0.2) is 4.79 Å². The lowest BCUT2D eigenvalue weighted by Crippen LogP contribution is -2.33. The van der Waals surface area contributed by atoms with Crippen molar-refractivity contribution in [3.05, 3.63) is 76.9 Å². The predicted octanol–water partition coefficient (Wildman–Crippen LogP) is 3.47. The highest BCUT2D eigenvalue weighted by atomic mass is 16.6. The molecule has 2 heterocycles. The Morgan fingerprint density at radius 1 is 0.939 bits per heavy atom. The van der Waals surface area contributed by atoms with Crippen molar-refractivity contribution in [2.45, 2.75) is 18.4 Å². The van der Waals surface area contributed by atoms with Gasteiger partial charge < -0.3 is 30.1 Å². The van der Waals surface area contributed by atoms with Gasteiger partial charge in [-0.1, -0.05) is 18.2 Å². The van der Waals surface area contributed by atoms with Gasteiger partial charge in [-0.05, 0) is 30.3 Å². The number of hydrogen-bond donors (Lipinski definition) is 4. The monoisotopic (exact) mass is 447 g/mol. The fourth-order valence-electron chi connectivity index (χ4n) is 4.26. The average Bonchev–Trinajstić information content (AvgIpc) is 3.07. The third-order valence-corrected chi connectivity index (χ3v) is 5.67. The molecule has 0 bridgehead atoms. The molecule has 0 aromatic heterocycles. The first kappa shape index (κ1) is 20.4. The Bertz CT molecular complexity index is 1350. The van der Waals surface area contributed by atoms with Crippen LogP contribution in [0.5, 0.6) is 23.0 Å². The van der Waals surface area contributed by atoms with Gasteiger partial charge in [0.15, 0.2) is 11.4 Å². The highest BCUT2D eigenvalue weighted by Crippen LogP contribution is 2.59. The van der Waals surface area contributed by atoms with Gasteiger partial charge in [0.05, 0.1) is 17.5 Å². The lowest BCUT2D eigenvalue weighted by atomic mass is 9.77. The summed E-state index contributed by atoms with van der Waals surface area (Å²) in [4.78, 5) is 36.0. The first-order chi connectivity index (χ1) is 15.8. The molecule has 0 fully saturated rings. The molecule has 3 aromatic rings. The zero-order valence-corrected chi connectivity index (χ0v) is 17.0. The number of esters is 1. The number of ether oxygens (including phenoxy) is 2. The number of fused-ring (bicyclic) bond motifs is 6. The van der Waals surface area contributed by atoms with E-state index in [4.69, 9.17) is 14.6 Å². The van der Waals surface area contributed by atoms with Crippen LogP contribution in [0.25, 0.3) is 0 Å². The number of benzene rings is 3. The molecule has 1 spiro atoms. The molecule has 2 aliphatic rings. The summed E-state index contributed by atoms with van der Waals surface area (Å²) >= 11 is 0. The highest BCUT2D eigenvalue weighted by Gasteiger charge is 2.54. The zero-order chi connectivity index (χ0) is 23.3. The Kier molecular flexibility index (Phi) is 4.49. The fraction of sp³-hybridized carbons (Fsp3) is 0.125. The first-order valence-electron chi connectivity index (χ1n) is 10.0. The predicted molar refractivity (Wildman–Crippen MR) is 114 cm³/mol. The van der Waals surface area contributed by atoms with Gasteiger partial charge in [0.2, 0.25) is 5.91 Å². The fourth-order valence-corrected chi connectivity index (χ4v) is 4.26. The molecular weight excluding hydrogens is 430 g/mol. The van der Waals surface area contributed by atoms with Crippen LogP contribution in [0.15, 0.2) is 54.6 Å². The number of carboxylic acids is 1. The number of anilines is 1. The van der Waals surface area contributed by atoms with Crippen LogP contribution in [0.2, 0.25) is 0 Å². The molecule has 166 valence electrons. The van der Waals surface area contributed by atoms with Crippen LogP contribution in [0.1, 0.15) is 39.9 Å². The second kappa shape index (κ2) is 7.27. The number of hydrogen-bond acceptors (Lipinski definition) is 7. The lowest BCUT2D eigenvalue weighted by Gasteiger charge is -2.37. The third-order valence-electron chi connectivity index (χ3n) is 5.67. The van der Waals surface area contributed by atoms with Crippen molar-refractivity contribution in [2.75, 3.05) is 5.32 Å². The number of phenolic OH excluding ortho intramolecular Hbond substituents is 2. The van der Waals surface area contributed by atoms with E-state index in [1.165, 1.54) is 24.3 Å². The number of carbonyl (C=O) groups excluding carboxylic acids is 2. The normalized spacial score (nSPS) is 17.4. The van der Waals surface area contributed by atoms with Crippen molar-refractivity contribution < 1.29 is 39.2 Å². The number of carboxylic acid groups (broad SMARTS) is 1. The van der Waals surface area contributed by atoms with E-state index in [1.807, 2.05) is 0 Å². The molecule has 9 heteroatoms. The maximum absolute atomic E-state index is 12.8. The number of carbonyl (C=O) groups is 3. The van der Waals surface area contributed by atoms with Crippen LogP contribution in [-0.2, 0) is 19.9 Å². The van der Waals surface area contributed by atoms with Gasteiger partial charge in [-0.15, -0.1) is 0 Å². The molecular formula is C24H17NO8. The third kappa shape index (κ3) is 3.05. The smallest absolute Gasteiger partial charge is 0.340 e. The summed E-state index contributed by atoms with van der Waals surface area (Å²) in [5.41, 5.74) is 0.158. The molecule has 3 aromatic carbocycles. The maximum atomic E-state index is 12.8. The van der Waals surface area contributed by atoms with Gasteiger partial charge in [-0.3, -0.25) is 9.59 Å². The highest BCUT2D eigenvalue weighted by molar-refractivity contribution is 5.99. The van der Waals surface area contributed by atoms with Gasteiger partial charge in [0.25, 0.3) is 0 Å². The summed E-state index contributed by atoms with van der Waals surface area (Å²) in [6.07, 6.45) is -0.715. The minimum absolute atomic E-state index is 0.0151. The largest absolute Gasteiger partial charge is 0.508 e. The van der Waals surface area contributed by atoms with Crippen LogP contribution < -0.4 is 10.1 Å². The summed E-state index contributed by atoms with van der Waals surface area (Å²) in [5, 5.41) is 31.9. The molecule has 0 aliphatic carbocycles. The molecule has 9 nitrogen and oxygen atoms in total. The van der Waals surface area contributed by atoms with E-state index in [0.717, 1.165) is 0 Å². The second-order valence-electron chi connectivity index (χ2n) is 7.68. The van der Waals surface area contributed by atoms with Crippen LogP contribution in [0.3, 0.4) is 0 Å². The van der Waals surface area contributed by atoms with E-state index in [9.17, 15) is 24.6 Å². The number of aromatic hydroxyl groups is 2. The Labute approximate surface area is 186 Å². The second-order valence-corrected chi connectivity index (χ2v) is 7.68. The van der Waals surface area contributed by atoms with Gasteiger partial charge in [0.1, 0.15) is 22.9 Å². The van der Waals surface area contributed by atoms with Crippen LogP contribution in [0, 0.1) is 0 Å². The number of amides is 1. The standard InChI is InChI=1S/C24H17NO8/c26-12-5-6-15-18(11-12)32-22-16(24(15)14-4-2-1-3-13(14)23(31)33-24)7-8-17(27)21(22)25-19(28)9-10-20(29)30/h1-8,11,26-27H,9-10H2,(H,25,28)(H,29,30). The van der Waals surface area contributed by atoms with Crippen molar-refractivity contribution in [3.8, 4) is 23.0 Å². The van der Waals surface area contributed by atoms with Crippen molar-refractivity contribution >= 4 is 23.5 Å². The molecule has 1 atom stereocenters. The Balaban J connectivity index is 1.73. The lowest BCUT2D eigenvalue weighted by molar-refractivity contribution is -0.138. The van der Waals surface area contributed by atoms with Crippen molar-refractivity contribution in [3.63, 3.8) is 0 Å². The summed E-state index contributed by atoms with van der Waals surface area (Å²) in [6, 6.07) is 14.1. The Hall–Kier alpha value is -4.53. The summed E-state index contributed by atoms with van der Waals surface area (Å²) in [6.45, 7) is 0. The number of phenols is 2. The minimum atomic E-state index is -1.45. The quantitative estimate of drug-likeness (QED) is 0.352. The molecule has 4 N–H and O–H groups in total. The zero-order valence-electron chi connectivity index (χ0n) is 17.0. The van der Waals surface area contributed by atoms with Gasteiger partial charge in [0, 0.05) is 23.6 Å². The van der Waals surface area contributed by atoms with E-state index >= 15 is 0 Å². The number of aliphatic carboxylic acids is 1. The first-order valence-corrected chi connectivity index (χ1v) is 10.0. The van der Waals surface area contributed by atoms with Crippen LogP contribution in [-0.4, -0.2) is 33.2 Å². The Morgan fingerprint density at radius 3 is 2.48 bits per heavy atom. The maximum Gasteiger partial charge on any atom is 0.340 e. The average molecular weight is 447 g/mol. The molecule has 1 amide bonds. The van der Waals surface area contributed by atoms with Crippen LogP contribution in [0.4, 0.5) is 5.69 Å². The van der Waals surface area contributed by atoms with E-state index in [-0.39, 0.29) is 35.1 Å². The molecule has 2 aliphatic heterocycles. The number of nitrogens with one attached hydrogen (secondary N) is 1. The molecule has 5 rings (SSSR count). The van der Waals surface area contributed by atoms with Gasteiger partial charge in [-0.2, -0.15) is 0 Å². The molecule has 33 heavy (non-hydrogen) atoms. The number of rotatable bonds is 4. The van der Waals surface area contributed by atoms with E-state index in [1.54, 1.807) is 30.3 Å². The molecule has 0 radical (unpaired) electrons. The molecule has 0 saturated heterocycles. The van der Waals surface area contributed by atoms with E-state index < -0.39 is 29.9 Å². The van der Waals surface area contributed by atoms with E-state index in [0.29, 0.717) is 22.3 Å². The topological polar surface area (TPSA) is 142 Å². The van der Waals surface area contributed by atoms with Crippen molar-refractivity contribution in [2.24, 2.45) is 0 Å². The van der Waals surface area contributed by atoms with E-state index in [2.05, 4.69) is 5.32 Å². The summed E-state index contributed by atoms with van der Waals surface area (Å²) in [7, 11) is 0. The Morgan fingerprint density at radius 2 is 1.70 bits per heavy atom. The van der Waals surface area contributed by atoms with Gasteiger partial charge >= 0.3 is 11.9 Å². The van der Waals surface area contributed by atoms with Crippen molar-refractivity contribution in [1.82, 2.24) is 0 Å². The molecule has 1 unspecified atom stereocenters. The molecule has 0 saturated carbocycles.